The molecular formula is C19H19N3O3S2. The minimum atomic E-state index is -3.23. The van der Waals surface area contributed by atoms with Gasteiger partial charge in [-0.1, -0.05) is 30.3 Å². The SMILES string of the molecule is O=C(CCCS(=O)(=O)Cc1ccccc1)Nc1nc(-c2ccncc2)cs1. The molecule has 0 bridgehead atoms. The second kappa shape index (κ2) is 8.88. The zero-order chi connectivity index (χ0) is 19.1. The highest BCUT2D eigenvalue weighted by Gasteiger charge is 2.14. The fourth-order valence-electron chi connectivity index (χ4n) is 2.52. The molecule has 0 fully saturated rings. The van der Waals surface area contributed by atoms with Gasteiger partial charge >= 0.3 is 0 Å². The van der Waals surface area contributed by atoms with Crippen LogP contribution in [-0.2, 0) is 20.4 Å². The normalized spacial score (nSPS) is 11.3. The van der Waals surface area contributed by atoms with Crippen LogP contribution in [0.4, 0.5) is 5.13 Å². The lowest BCUT2D eigenvalue weighted by Crippen LogP contribution is -2.15. The first-order valence-electron chi connectivity index (χ1n) is 8.42. The van der Waals surface area contributed by atoms with Gasteiger partial charge in [0.15, 0.2) is 15.0 Å². The Bertz CT molecular complexity index is 987. The van der Waals surface area contributed by atoms with Crippen molar-refractivity contribution in [3.63, 3.8) is 0 Å². The Morgan fingerprint density at radius 2 is 1.81 bits per heavy atom. The molecule has 0 spiro atoms. The van der Waals surface area contributed by atoms with Gasteiger partial charge in [0.25, 0.3) is 0 Å². The monoisotopic (exact) mass is 401 g/mol. The molecule has 27 heavy (non-hydrogen) atoms. The first kappa shape index (κ1) is 19.2. The lowest BCUT2D eigenvalue weighted by molar-refractivity contribution is -0.116. The molecule has 0 saturated heterocycles. The number of nitrogens with zero attached hydrogens (tertiary/aromatic N) is 2. The number of pyridine rings is 1. The van der Waals surface area contributed by atoms with Crippen molar-refractivity contribution in [3.05, 3.63) is 65.8 Å². The predicted octanol–water partition coefficient (Wildman–Crippen LogP) is 3.54. The Balaban J connectivity index is 1.47. The first-order chi connectivity index (χ1) is 13.0. The summed E-state index contributed by atoms with van der Waals surface area (Å²) in [6, 6.07) is 12.7. The molecular weight excluding hydrogens is 382 g/mol. The molecule has 8 heteroatoms. The van der Waals surface area contributed by atoms with Gasteiger partial charge in [-0.15, -0.1) is 11.3 Å². The number of rotatable bonds is 8. The molecule has 1 N–H and O–H groups in total. The van der Waals surface area contributed by atoms with E-state index in [1.54, 1.807) is 24.5 Å². The summed E-state index contributed by atoms with van der Waals surface area (Å²) in [6.07, 6.45) is 3.79. The van der Waals surface area contributed by atoms with Gasteiger partial charge in [-0.2, -0.15) is 0 Å². The van der Waals surface area contributed by atoms with Crippen LogP contribution in [0, 0.1) is 0 Å². The summed E-state index contributed by atoms with van der Waals surface area (Å²) >= 11 is 1.33. The number of sulfone groups is 1. The number of hydrogen-bond acceptors (Lipinski definition) is 6. The second-order valence-corrected chi connectivity index (χ2v) is 9.05. The van der Waals surface area contributed by atoms with Crippen LogP contribution in [0.2, 0.25) is 0 Å². The number of benzene rings is 1. The van der Waals surface area contributed by atoms with E-state index in [1.165, 1.54) is 11.3 Å². The summed E-state index contributed by atoms with van der Waals surface area (Å²) in [5.74, 6) is -0.257. The third-order valence-corrected chi connectivity index (χ3v) is 6.26. The van der Waals surface area contributed by atoms with Crippen molar-refractivity contribution in [1.29, 1.82) is 0 Å². The number of carbonyl (C=O) groups excluding carboxylic acids is 1. The summed E-state index contributed by atoms with van der Waals surface area (Å²) in [5, 5.41) is 5.08. The van der Waals surface area contributed by atoms with Crippen LogP contribution in [0.3, 0.4) is 0 Å². The summed E-state index contributed by atoms with van der Waals surface area (Å²) in [4.78, 5) is 20.4. The number of thiazole rings is 1. The smallest absolute Gasteiger partial charge is 0.226 e. The van der Waals surface area contributed by atoms with Crippen molar-refractivity contribution in [2.24, 2.45) is 0 Å². The molecule has 0 aliphatic carbocycles. The zero-order valence-electron chi connectivity index (χ0n) is 14.5. The molecule has 3 aromatic rings. The summed E-state index contributed by atoms with van der Waals surface area (Å²) < 4.78 is 24.3. The maximum absolute atomic E-state index is 12.2. The zero-order valence-corrected chi connectivity index (χ0v) is 16.2. The molecule has 1 amide bonds. The first-order valence-corrected chi connectivity index (χ1v) is 11.1. The van der Waals surface area contributed by atoms with E-state index in [4.69, 9.17) is 0 Å². The highest BCUT2D eigenvalue weighted by molar-refractivity contribution is 7.90. The van der Waals surface area contributed by atoms with E-state index >= 15 is 0 Å². The topological polar surface area (TPSA) is 89.0 Å². The highest BCUT2D eigenvalue weighted by atomic mass is 32.2. The third-order valence-electron chi connectivity index (χ3n) is 3.82. The molecule has 3 rings (SSSR count). The maximum atomic E-state index is 12.2. The fraction of sp³-hybridized carbons (Fsp3) is 0.211. The van der Waals surface area contributed by atoms with Gasteiger partial charge < -0.3 is 5.32 Å². The number of amides is 1. The fourth-order valence-corrected chi connectivity index (χ4v) is 4.69. The lowest BCUT2D eigenvalue weighted by Gasteiger charge is -2.05. The van der Waals surface area contributed by atoms with Crippen LogP contribution in [0.5, 0.6) is 0 Å². The van der Waals surface area contributed by atoms with E-state index in [2.05, 4.69) is 15.3 Å². The Labute approximate surface area is 162 Å². The minimum absolute atomic E-state index is 0.00275. The number of carbonyl (C=O) groups is 1. The van der Waals surface area contributed by atoms with Crippen molar-refractivity contribution in [3.8, 4) is 11.3 Å². The molecule has 0 unspecified atom stereocenters. The van der Waals surface area contributed by atoms with E-state index in [-0.39, 0.29) is 30.3 Å². The highest BCUT2D eigenvalue weighted by Crippen LogP contribution is 2.24. The quantitative estimate of drug-likeness (QED) is 0.624. The molecule has 6 nitrogen and oxygen atoms in total. The number of anilines is 1. The van der Waals surface area contributed by atoms with Crippen molar-refractivity contribution in [2.45, 2.75) is 18.6 Å². The van der Waals surface area contributed by atoms with E-state index in [9.17, 15) is 13.2 Å². The van der Waals surface area contributed by atoms with Crippen LogP contribution in [-0.4, -0.2) is 30.0 Å². The van der Waals surface area contributed by atoms with Crippen molar-refractivity contribution in [1.82, 2.24) is 9.97 Å². The molecule has 0 aliphatic rings. The van der Waals surface area contributed by atoms with E-state index in [0.717, 1.165) is 16.8 Å². The van der Waals surface area contributed by atoms with Gasteiger partial charge in [0.2, 0.25) is 5.91 Å². The second-order valence-electron chi connectivity index (χ2n) is 6.00. The van der Waals surface area contributed by atoms with Gasteiger partial charge in [-0.05, 0) is 24.1 Å². The summed E-state index contributed by atoms with van der Waals surface area (Å²) in [7, 11) is -3.23. The Hall–Kier alpha value is -2.58. The van der Waals surface area contributed by atoms with E-state index in [0.29, 0.717) is 5.13 Å². The summed E-state index contributed by atoms with van der Waals surface area (Å²) in [6.45, 7) is 0. The van der Waals surface area contributed by atoms with E-state index in [1.807, 2.05) is 35.7 Å². The third kappa shape index (κ3) is 5.97. The molecule has 0 radical (unpaired) electrons. The van der Waals surface area contributed by atoms with Gasteiger partial charge in [0.1, 0.15) is 0 Å². The van der Waals surface area contributed by atoms with Crippen LogP contribution < -0.4 is 5.32 Å². The van der Waals surface area contributed by atoms with Crippen LogP contribution >= 0.6 is 11.3 Å². The summed E-state index contributed by atoms with van der Waals surface area (Å²) in [5.41, 5.74) is 2.45. The number of hydrogen-bond donors (Lipinski definition) is 1. The van der Waals surface area contributed by atoms with E-state index < -0.39 is 9.84 Å². The largest absolute Gasteiger partial charge is 0.302 e. The van der Waals surface area contributed by atoms with Crippen LogP contribution in [0.1, 0.15) is 18.4 Å². The van der Waals surface area contributed by atoms with Crippen molar-refractivity contribution >= 4 is 32.2 Å². The maximum Gasteiger partial charge on any atom is 0.226 e. The van der Waals surface area contributed by atoms with Gasteiger partial charge in [-0.3, -0.25) is 9.78 Å². The average molecular weight is 402 g/mol. The van der Waals surface area contributed by atoms with Crippen LogP contribution in [0.25, 0.3) is 11.3 Å². The average Bonchev–Trinajstić information content (AvgIpc) is 3.11. The molecule has 2 aromatic heterocycles. The van der Waals surface area contributed by atoms with Crippen LogP contribution in [0.15, 0.2) is 60.2 Å². The number of aromatic nitrogens is 2. The molecule has 0 aliphatic heterocycles. The van der Waals surface area contributed by atoms with Crippen molar-refractivity contribution < 1.29 is 13.2 Å². The Morgan fingerprint density at radius 3 is 2.56 bits per heavy atom. The van der Waals surface area contributed by atoms with Crippen molar-refractivity contribution in [2.75, 3.05) is 11.1 Å². The molecule has 2 heterocycles. The lowest BCUT2D eigenvalue weighted by atomic mass is 10.2. The molecule has 0 atom stereocenters. The van der Waals surface area contributed by atoms with Gasteiger partial charge in [0.05, 0.1) is 17.2 Å². The Morgan fingerprint density at radius 1 is 1.07 bits per heavy atom. The number of nitrogens with one attached hydrogen (secondary N) is 1. The predicted molar refractivity (Wildman–Crippen MR) is 107 cm³/mol. The molecule has 140 valence electrons. The standard InChI is InChI=1S/C19H19N3O3S2/c23-18(7-4-12-27(24,25)14-15-5-2-1-3-6-15)22-19-21-17(13-26-19)16-8-10-20-11-9-16/h1-3,5-6,8-11,13H,4,7,12,14H2,(H,21,22,23). The van der Waals surface area contributed by atoms with Gasteiger partial charge in [0, 0.05) is 29.8 Å². The minimum Gasteiger partial charge on any atom is -0.302 e. The molecule has 1 aromatic carbocycles. The Kier molecular flexibility index (Phi) is 6.31. The van der Waals surface area contributed by atoms with Gasteiger partial charge in [-0.25, -0.2) is 13.4 Å². The molecule has 0 saturated carbocycles.